The largest absolute Gasteiger partial charge is 0.487 e. The zero-order valence-corrected chi connectivity index (χ0v) is 14.6. The van der Waals surface area contributed by atoms with E-state index in [0.717, 1.165) is 4.88 Å². The molecule has 2 heterocycles. The second-order valence-corrected chi connectivity index (χ2v) is 6.44. The average Bonchev–Trinajstić information content (AvgIpc) is 3.30. The third-order valence-corrected chi connectivity index (χ3v) is 4.75. The van der Waals surface area contributed by atoms with Gasteiger partial charge >= 0.3 is 0 Å². The van der Waals surface area contributed by atoms with Gasteiger partial charge in [-0.1, -0.05) is 6.07 Å². The molecule has 1 N–H and O–H groups in total. The van der Waals surface area contributed by atoms with Crippen molar-refractivity contribution in [3.63, 3.8) is 0 Å². The summed E-state index contributed by atoms with van der Waals surface area (Å²) in [6.07, 6.45) is 1.75. The molecular weight excluding hydrogens is 343 g/mol. The number of thiazole rings is 1. The first-order valence-electron chi connectivity index (χ1n) is 7.63. The lowest BCUT2D eigenvalue weighted by Gasteiger charge is -2.22. The van der Waals surface area contributed by atoms with Crippen LogP contribution in [0.25, 0.3) is 0 Å². The Morgan fingerprint density at radius 2 is 2.28 bits per heavy atom. The highest BCUT2D eigenvalue weighted by molar-refractivity contribution is 7.09. The Morgan fingerprint density at radius 1 is 1.44 bits per heavy atom. The van der Waals surface area contributed by atoms with Crippen LogP contribution < -0.4 is 4.74 Å². The van der Waals surface area contributed by atoms with Gasteiger partial charge in [0.25, 0.3) is 5.91 Å². The van der Waals surface area contributed by atoms with Crippen LogP contribution in [-0.4, -0.2) is 33.0 Å². The van der Waals surface area contributed by atoms with Crippen molar-refractivity contribution in [2.24, 2.45) is 0 Å². The Bertz CT molecular complexity index is 850. The van der Waals surface area contributed by atoms with Crippen molar-refractivity contribution in [1.82, 2.24) is 20.1 Å². The molecule has 130 valence electrons. The molecule has 1 atom stereocenters. The third kappa shape index (κ3) is 4.03. The van der Waals surface area contributed by atoms with Crippen molar-refractivity contribution in [2.45, 2.75) is 19.6 Å². The smallest absolute Gasteiger partial charge is 0.274 e. The molecule has 25 heavy (non-hydrogen) atoms. The first-order valence-corrected chi connectivity index (χ1v) is 8.50. The minimum Gasteiger partial charge on any atom is -0.487 e. The molecule has 0 spiro atoms. The molecule has 0 radical (unpaired) electrons. The summed E-state index contributed by atoms with van der Waals surface area (Å²) >= 11 is 1.50. The number of aromatic amines is 1. The average molecular weight is 360 g/mol. The molecule has 3 aromatic rings. The number of ether oxygens (including phenoxy) is 1. The van der Waals surface area contributed by atoms with Gasteiger partial charge in [-0.05, 0) is 25.1 Å². The number of amides is 1. The maximum atomic E-state index is 13.1. The molecule has 0 unspecified atom stereocenters. The van der Waals surface area contributed by atoms with Gasteiger partial charge in [0, 0.05) is 24.2 Å². The molecule has 3 rings (SSSR count). The predicted molar refractivity (Wildman–Crippen MR) is 91.9 cm³/mol. The summed E-state index contributed by atoms with van der Waals surface area (Å²) in [7, 11) is 1.73. The zero-order chi connectivity index (χ0) is 17.8. The summed E-state index contributed by atoms with van der Waals surface area (Å²) < 4.78 is 18.6. The van der Waals surface area contributed by atoms with E-state index in [1.54, 1.807) is 41.9 Å². The van der Waals surface area contributed by atoms with Crippen molar-refractivity contribution < 1.29 is 13.9 Å². The lowest BCUT2D eigenvalue weighted by atomic mass is 10.2. The van der Waals surface area contributed by atoms with E-state index >= 15 is 0 Å². The second-order valence-electron chi connectivity index (χ2n) is 5.52. The molecule has 0 fully saturated rings. The van der Waals surface area contributed by atoms with Gasteiger partial charge in [0.05, 0.1) is 17.2 Å². The van der Waals surface area contributed by atoms with Crippen molar-refractivity contribution in [3.05, 3.63) is 64.1 Å². The first kappa shape index (κ1) is 17.1. The van der Waals surface area contributed by atoms with Crippen LogP contribution in [0.5, 0.6) is 5.75 Å². The van der Waals surface area contributed by atoms with Crippen LogP contribution in [0.1, 0.15) is 34.0 Å². The molecule has 8 heteroatoms. The maximum Gasteiger partial charge on any atom is 0.274 e. The standard InChI is InChI=1S/C17H17FN4O2S/c1-11(16-8-19-10-25-16)22(2)17(23)15-7-13(20-21-15)9-24-14-5-3-4-12(18)6-14/h3-8,10-11H,9H2,1-2H3,(H,20,21)/t11-/m1/s1. The predicted octanol–water partition coefficient (Wildman–Crippen LogP) is 3.42. The Hall–Kier alpha value is -2.74. The molecule has 0 aliphatic carbocycles. The van der Waals surface area contributed by atoms with Crippen molar-refractivity contribution in [2.75, 3.05) is 7.05 Å². The number of halogens is 1. The van der Waals surface area contributed by atoms with Crippen molar-refractivity contribution in [1.29, 1.82) is 0 Å². The van der Waals surface area contributed by atoms with Crippen LogP contribution in [0.15, 0.2) is 42.0 Å². The van der Waals surface area contributed by atoms with Gasteiger partial charge in [-0.15, -0.1) is 11.3 Å². The molecule has 0 bridgehead atoms. The summed E-state index contributed by atoms with van der Waals surface area (Å²) in [5.74, 6) is -0.149. The quantitative estimate of drug-likeness (QED) is 0.731. The van der Waals surface area contributed by atoms with Gasteiger partial charge in [0.15, 0.2) is 5.69 Å². The fourth-order valence-corrected chi connectivity index (χ4v) is 2.96. The number of aromatic nitrogens is 3. The first-order chi connectivity index (χ1) is 12.0. The van der Waals surface area contributed by atoms with Crippen LogP contribution in [0.4, 0.5) is 4.39 Å². The Labute approximate surface area is 148 Å². The van der Waals surface area contributed by atoms with E-state index in [9.17, 15) is 9.18 Å². The lowest BCUT2D eigenvalue weighted by Crippen LogP contribution is -2.29. The topological polar surface area (TPSA) is 71.1 Å². The number of hydrogen-bond donors (Lipinski definition) is 1. The van der Waals surface area contributed by atoms with Gasteiger partial charge < -0.3 is 9.64 Å². The molecule has 0 saturated carbocycles. The molecular formula is C17H17FN4O2S. The lowest BCUT2D eigenvalue weighted by molar-refractivity contribution is 0.0739. The van der Waals surface area contributed by atoms with Crippen molar-refractivity contribution >= 4 is 17.2 Å². The van der Waals surface area contributed by atoms with Gasteiger partial charge in [-0.25, -0.2) is 4.39 Å². The minimum atomic E-state index is -0.364. The number of benzene rings is 1. The molecule has 0 aliphatic rings. The van der Waals surface area contributed by atoms with Crippen LogP contribution in [0.3, 0.4) is 0 Å². The highest BCUT2D eigenvalue weighted by Gasteiger charge is 2.22. The van der Waals surface area contributed by atoms with Crippen LogP contribution in [0, 0.1) is 5.82 Å². The maximum absolute atomic E-state index is 13.1. The number of nitrogens with one attached hydrogen (secondary N) is 1. The molecule has 2 aromatic heterocycles. The zero-order valence-electron chi connectivity index (χ0n) is 13.8. The van der Waals surface area contributed by atoms with Gasteiger partial charge in [0.2, 0.25) is 0 Å². The summed E-state index contributed by atoms with van der Waals surface area (Å²) in [4.78, 5) is 19.2. The number of carbonyl (C=O) groups is 1. The second kappa shape index (κ2) is 7.43. The number of H-pyrrole nitrogens is 1. The molecule has 0 aliphatic heterocycles. The Kier molecular flexibility index (Phi) is 5.08. The van der Waals surface area contributed by atoms with Crippen molar-refractivity contribution in [3.8, 4) is 5.75 Å². The van der Waals surface area contributed by atoms with E-state index in [4.69, 9.17) is 4.74 Å². The van der Waals surface area contributed by atoms with E-state index < -0.39 is 0 Å². The molecule has 6 nitrogen and oxygen atoms in total. The summed E-state index contributed by atoms with van der Waals surface area (Å²) in [6, 6.07) is 7.42. The Balaban J connectivity index is 1.63. The van der Waals surface area contributed by atoms with E-state index in [0.29, 0.717) is 17.1 Å². The normalized spacial score (nSPS) is 12.0. The van der Waals surface area contributed by atoms with E-state index in [-0.39, 0.29) is 24.4 Å². The number of rotatable bonds is 6. The van der Waals surface area contributed by atoms with Crippen LogP contribution >= 0.6 is 11.3 Å². The fraction of sp³-hybridized carbons (Fsp3) is 0.235. The summed E-state index contributed by atoms with van der Waals surface area (Å²) in [5.41, 5.74) is 2.67. The van der Waals surface area contributed by atoms with Gasteiger partial charge in [0.1, 0.15) is 18.2 Å². The number of nitrogens with zero attached hydrogens (tertiary/aromatic N) is 3. The number of hydrogen-bond acceptors (Lipinski definition) is 5. The fourth-order valence-electron chi connectivity index (χ4n) is 2.24. The summed E-state index contributed by atoms with van der Waals surface area (Å²) in [6.45, 7) is 2.10. The highest BCUT2D eigenvalue weighted by atomic mass is 32.1. The van der Waals surface area contributed by atoms with E-state index in [1.807, 2.05) is 6.92 Å². The minimum absolute atomic E-state index is 0.0938. The van der Waals surface area contributed by atoms with E-state index in [2.05, 4.69) is 15.2 Å². The third-order valence-electron chi connectivity index (χ3n) is 3.80. The monoisotopic (exact) mass is 360 g/mol. The molecule has 1 amide bonds. The highest BCUT2D eigenvalue weighted by Crippen LogP contribution is 2.23. The van der Waals surface area contributed by atoms with E-state index in [1.165, 1.54) is 23.5 Å². The molecule has 0 saturated heterocycles. The van der Waals surface area contributed by atoms with Crippen LogP contribution in [-0.2, 0) is 6.61 Å². The SMILES string of the molecule is C[C@H](c1cncs1)N(C)C(=O)c1cc(COc2cccc(F)c2)[nH]n1. The Morgan fingerprint density at radius 3 is 3.00 bits per heavy atom. The van der Waals surface area contributed by atoms with Crippen LogP contribution in [0.2, 0.25) is 0 Å². The number of carbonyl (C=O) groups excluding carboxylic acids is 1. The van der Waals surface area contributed by atoms with Gasteiger partial charge in [-0.2, -0.15) is 5.10 Å². The van der Waals surface area contributed by atoms with Gasteiger partial charge in [-0.3, -0.25) is 14.9 Å². The molecule has 1 aromatic carbocycles. The summed E-state index contributed by atoms with van der Waals surface area (Å²) in [5, 5.41) is 6.82.